The molecular formula is C42H46ClN11O6. The van der Waals surface area contributed by atoms with Crippen LogP contribution in [-0.2, 0) is 21.4 Å². The molecule has 5 aromatic rings. The zero-order valence-corrected chi connectivity index (χ0v) is 34.4. The fourth-order valence-corrected chi connectivity index (χ4v) is 8.23. The highest BCUT2D eigenvalue weighted by molar-refractivity contribution is 6.33. The van der Waals surface area contributed by atoms with Gasteiger partial charge in [-0.3, -0.25) is 38.5 Å². The van der Waals surface area contributed by atoms with Gasteiger partial charge in [0.05, 0.1) is 42.3 Å². The quantitative estimate of drug-likeness (QED) is 0.129. The highest BCUT2D eigenvalue weighted by Gasteiger charge is 2.32. The number of imide groups is 1. The summed E-state index contributed by atoms with van der Waals surface area (Å²) in [5.41, 5.74) is 4.77. The molecule has 17 nitrogen and oxygen atoms in total. The van der Waals surface area contributed by atoms with E-state index in [0.717, 1.165) is 30.0 Å². The Bertz CT molecular complexity index is 2540. The largest absolute Gasteiger partial charge is 0.494 e. The zero-order valence-electron chi connectivity index (χ0n) is 33.6. The lowest BCUT2D eigenvalue weighted by atomic mass is 10.1. The lowest BCUT2D eigenvalue weighted by molar-refractivity contribution is -0.136. The van der Waals surface area contributed by atoms with Crippen LogP contribution in [0.25, 0.3) is 11.0 Å². The molecule has 2 aromatic heterocycles. The standard InChI is InChI=1S/C42H46ClN11O6/c1-26(55)29-6-4-5-7-31(29)45-39-30(43)24-44-41(48-39)46-32-10-8-28(23-36(32)60-3)52-18-20-53(21-19-52)38(57)25-50-14-16-51(17-15-50)27-9-11-33-35(22-27)49(2)42(59)54(33)34-12-13-37(56)47-40(34)58/h4-11,22-24,34H,12-21,25H2,1-3H3,(H,47,56,58)(H2,44,45,46,48). The molecule has 0 aliphatic carbocycles. The number of hydrogen-bond acceptors (Lipinski definition) is 13. The number of imidazole rings is 1. The third kappa shape index (κ3) is 8.22. The number of rotatable bonds is 11. The van der Waals surface area contributed by atoms with Gasteiger partial charge in [-0.2, -0.15) is 4.98 Å². The number of fused-ring (bicyclic) bond motifs is 1. The average molecular weight is 836 g/mol. The van der Waals surface area contributed by atoms with Crippen molar-refractivity contribution in [3.05, 3.63) is 87.9 Å². The lowest BCUT2D eigenvalue weighted by Gasteiger charge is -2.39. The minimum Gasteiger partial charge on any atom is -0.494 e. The Balaban J connectivity index is 0.836. The fraction of sp³-hybridized carbons (Fsp3) is 0.357. The summed E-state index contributed by atoms with van der Waals surface area (Å²) in [4.78, 5) is 80.6. The highest BCUT2D eigenvalue weighted by atomic mass is 35.5. The predicted molar refractivity (Wildman–Crippen MR) is 229 cm³/mol. The smallest absolute Gasteiger partial charge is 0.329 e. The first kappa shape index (κ1) is 40.3. The van der Waals surface area contributed by atoms with Crippen LogP contribution in [0.3, 0.4) is 0 Å². The Hall–Kier alpha value is -6.46. The van der Waals surface area contributed by atoms with E-state index in [2.05, 4.69) is 40.6 Å². The molecule has 1 atom stereocenters. The molecule has 1 unspecified atom stereocenters. The van der Waals surface area contributed by atoms with Crippen LogP contribution in [0.1, 0.15) is 36.2 Å². The normalized spacial score (nSPS) is 17.5. The first-order valence-corrected chi connectivity index (χ1v) is 20.2. The minimum absolute atomic E-state index is 0.0852. The average Bonchev–Trinajstić information content (AvgIpc) is 3.50. The van der Waals surface area contributed by atoms with Crippen molar-refractivity contribution in [3.8, 4) is 5.75 Å². The number of para-hydroxylation sites is 1. The van der Waals surface area contributed by atoms with Gasteiger partial charge in [0.2, 0.25) is 23.7 Å². The molecule has 0 saturated carbocycles. The number of nitrogens with one attached hydrogen (secondary N) is 3. The number of halogens is 1. The monoisotopic (exact) mass is 835 g/mol. The van der Waals surface area contributed by atoms with Crippen molar-refractivity contribution in [2.75, 3.05) is 86.4 Å². The van der Waals surface area contributed by atoms with E-state index in [1.54, 1.807) is 36.9 Å². The van der Waals surface area contributed by atoms with E-state index >= 15 is 0 Å². The second kappa shape index (κ2) is 17.0. The molecule has 5 heterocycles. The summed E-state index contributed by atoms with van der Waals surface area (Å²) in [5, 5.41) is 9.02. The molecule has 3 fully saturated rings. The maximum atomic E-state index is 13.5. The summed E-state index contributed by atoms with van der Waals surface area (Å²) in [6.45, 7) is 7.25. The highest BCUT2D eigenvalue weighted by Crippen LogP contribution is 2.34. The molecule has 0 bridgehead atoms. The van der Waals surface area contributed by atoms with Crippen LogP contribution < -0.4 is 36.2 Å². The van der Waals surface area contributed by atoms with Crippen molar-refractivity contribution in [3.63, 3.8) is 0 Å². The first-order chi connectivity index (χ1) is 29.0. The number of carbonyl (C=O) groups is 4. The molecule has 3 saturated heterocycles. The minimum atomic E-state index is -0.728. The Kier molecular flexibility index (Phi) is 11.4. The van der Waals surface area contributed by atoms with Gasteiger partial charge >= 0.3 is 5.69 Å². The fourth-order valence-electron chi connectivity index (χ4n) is 8.09. The van der Waals surface area contributed by atoms with Crippen LogP contribution in [0.2, 0.25) is 5.02 Å². The predicted octanol–water partition coefficient (Wildman–Crippen LogP) is 3.93. The second-order valence-corrected chi connectivity index (χ2v) is 15.5. The molecule has 3 aliphatic heterocycles. The van der Waals surface area contributed by atoms with Gasteiger partial charge < -0.3 is 30.1 Å². The lowest BCUT2D eigenvalue weighted by Crippen LogP contribution is -2.54. The molecule has 18 heteroatoms. The van der Waals surface area contributed by atoms with Crippen molar-refractivity contribution < 1.29 is 23.9 Å². The van der Waals surface area contributed by atoms with Crippen LogP contribution in [0.5, 0.6) is 5.75 Å². The molecule has 60 heavy (non-hydrogen) atoms. The van der Waals surface area contributed by atoms with Crippen molar-refractivity contribution in [1.29, 1.82) is 0 Å². The molecule has 3 aliphatic rings. The number of piperidine rings is 1. The summed E-state index contributed by atoms with van der Waals surface area (Å²) in [5.74, 6) is 0.469. The summed E-state index contributed by atoms with van der Waals surface area (Å²) in [6, 6.07) is 18.1. The van der Waals surface area contributed by atoms with Crippen LogP contribution in [0, 0.1) is 0 Å². The Morgan fingerprint density at radius 1 is 0.867 bits per heavy atom. The van der Waals surface area contributed by atoms with Gasteiger partial charge in [0.25, 0.3) is 0 Å². The Morgan fingerprint density at radius 3 is 2.28 bits per heavy atom. The number of ketones is 1. The first-order valence-electron chi connectivity index (χ1n) is 19.9. The van der Waals surface area contributed by atoms with E-state index in [1.165, 1.54) is 17.7 Å². The van der Waals surface area contributed by atoms with E-state index in [9.17, 15) is 24.0 Å². The topological polar surface area (TPSA) is 179 Å². The molecule has 3 amide bonds. The number of hydrogen-bond donors (Lipinski definition) is 3. The molecule has 312 valence electrons. The van der Waals surface area contributed by atoms with Crippen molar-refractivity contribution in [1.82, 2.24) is 34.2 Å². The molecule has 0 spiro atoms. The van der Waals surface area contributed by atoms with Crippen LogP contribution in [0.4, 0.5) is 34.5 Å². The molecular weight excluding hydrogens is 790 g/mol. The molecule has 8 rings (SSSR count). The summed E-state index contributed by atoms with van der Waals surface area (Å²) in [6.07, 6.45) is 1.96. The summed E-state index contributed by atoms with van der Waals surface area (Å²) < 4.78 is 8.78. The maximum absolute atomic E-state index is 13.5. The van der Waals surface area contributed by atoms with Crippen molar-refractivity contribution in [2.24, 2.45) is 7.05 Å². The van der Waals surface area contributed by atoms with Gasteiger partial charge in [-0.05, 0) is 55.8 Å². The number of piperazine rings is 2. The van der Waals surface area contributed by atoms with Gasteiger partial charge in [-0.1, -0.05) is 23.7 Å². The number of carbonyl (C=O) groups excluding carboxylic acids is 4. The number of aryl methyl sites for hydroxylation is 1. The zero-order chi connectivity index (χ0) is 42.1. The number of amides is 3. The van der Waals surface area contributed by atoms with E-state index < -0.39 is 11.9 Å². The maximum Gasteiger partial charge on any atom is 0.329 e. The van der Waals surface area contributed by atoms with Crippen LogP contribution >= 0.6 is 11.6 Å². The number of Topliss-reactive ketones (excluding diaryl/α,β-unsaturated/α-hetero) is 1. The summed E-state index contributed by atoms with van der Waals surface area (Å²) >= 11 is 6.42. The van der Waals surface area contributed by atoms with Crippen molar-refractivity contribution in [2.45, 2.75) is 25.8 Å². The number of methoxy groups -OCH3 is 1. The van der Waals surface area contributed by atoms with E-state index in [1.807, 2.05) is 47.4 Å². The molecule has 3 aromatic carbocycles. The molecule has 3 N–H and O–H groups in total. The third-order valence-corrected chi connectivity index (χ3v) is 11.7. The van der Waals surface area contributed by atoms with Gasteiger partial charge in [0.15, 0.2) is 11.6 Å². The van der Waals surface area contributed by atoms with Crippen molar-refractivity contribution >= 4 is 80.7 Å². The van der Waals surface area contributed by atoms with E-state index in [0.29, 0.717) is 84.9 Å². The molecule has 0 radical (unpaired) electrons. The van der Waals surface area contributed by atoms with E-state index in [-0.39, 0.29) is 42.1 Å². The van der Waals surface area contributed by atoms with Crippen LogP contribution in [-0.4, -0.2) is 118 Å². The number of benzene rings is 3. The van der Waals surface area contributed by atoms with Crippen LogP contribution in [0.15, 0.2) is 71.7 Å². The number of aromatic nitrogens is 4. The summed E-state index contributed by atoms with van der Waals surface area (Å²) in [7, 11) is 3.29. The van der Waals surface area contributed by atoms with Gasteiger partial charge in [0, 0.05) is 88.8 Å². The van der Waals surface area contributed by atoms with Gasteiger partial charge in [0.1, 0.15) is 16.8 Å². The number of anilines is 6. The number of ether oxygens (including phenoxy) is 1. The SMILES string of the molecule is COc1cc(N2CCN(C(=O)CN3CCN(c4ccc5c(c4)n(C)c(=O)n5C4CCC(=O)NC4=O)CC3)CC2)ccc1Nc1ncc(Cl)c(Nc2ccccc2C(C)=O)n1. The van der Waals surface area contributed by atoms with Gasteiger partial charge in [-0.25, -0.2) is 9.78 Å². The van der Waals surface area contributed by atoms with E-state index in [4.69, 9.17) is 16.3 Å². The third-order valence-electron chi connectivity index (χ3n) is 11.4. The van der Waals surface area contributed by atoms with Gasteiger partial charge in [-0.15, -0.1) is 0 Å². The Morgan fingerprint density at radius 2 is 1.57 bits per heavy atom. The Labute approximate surface area is 350 Å². The number of nitrogens with zero attached hydrogens (tertiary/aromatic N) is 8. The second-order valence-electron chi connectivity index (χ2n) is 15.1.